The fourth-order valence-corrected chi connectivity index (χ4v) is 2.03. The number of nitrogens with zero attached hydrogens (tertiary/aromatic N) is 1. The molecule has 0 spiro atoms. The molecule has 4 heteroatoms. The van der Waals surface area contributed by atoms with Gasteiger partial charge in [-0.2, -0.15) is 4.39 Å². The highest BCUT2D eigenvalue weighted by Gasteiger charge is 2.44. The molecule has 0 bridgehead atoms. The second-order valence-corrected chi connectivity index (χ2v) is 3.63. The number of hydrogen-bond acceptors (Lipinski definition) is 3. The first-order chi connectivity index (χ1) is 6.59. The van der Waals surface area contributed by atoms with Crippen molar-refractivity contribution in [3.8, 4) is 0 Å². The Morgan fingerprint density at radius 3 is 3.07 bits per heavy atom. The summed E-state index contributed by atoms with van der Waals surface area (Å²) in [7, 11) is 0. The minimum Gasteiger partial charge on any atom is -0.389 e. The number of aliphatic hydroxyl groups is 2. The van der Waals surface area contributed by atoms with Gasteiger partial charge in [0.1, 0.15) is 5.60 Å². The monoisotopic (exact) mass is 197 g/mol. The number of aliphatic hydroxyl groups excluding tert-OH is 1. The van der Waals surface area contributed by atoms with E-state index in [0.29, 0.717) is 17.5 Å². The van der Waals surface area contributed by atoms with E-state index in [2.05, 4.69) is 4.98 Å². The summed E-state index contributed by atoms with van der Waals surface area (Å²) in [5.41, 5.74) is -0.497. The second-order valence-electron chi connectivity index (χ2n) is 3.63. The maximum absolute atomic E-state index is 13.2. The van der Waals surface area contributed by atoms with Crippen LogP contribution in [0.2, 0.25) is 0 Å². The van der Waals surface area contributed by atoms with E-state index < -0.39 is 17.7 Å². The summed E-state index contributed by atoms with van der Waals surface area (Å²) in [4.78, 5) is 3.50. The van der Waals surface area contributed by atoms with E-state index in [1.165, 1.54) is 6.20 Å². The lowest BCUT2D eigenvalue weighted by molar-refractivity contribution is -0.0699. The van der Waals surface area contributed by atoms with Gasteiger partial charge in [0, 0.05) is 18.2 Å². The van der Waals surface area contributed by atoms with Crippen LogP contribution in [0.4, 0.5) is 4.39 Å². The molecule has 1 aliphatic rings. The van der Waals surface area contributed by atoms with Gasteiger partial charge in [0.2, 0.25) is 5.95 Å². The standard InChI is InChI=1S/C10H12FNO2/c1-2-10(14)7-3-4-12-9(11)6(7)5-8(10)13/h3-4,8,13-14H,2,5H2,1H3/t8?,10-/m0/s1. The lowest BCUT2D eigenvalue weighted by atomic mass is 9.92. The van der Waals surface area contributed by atoms with Crippen molar-refractivity contribution in [3.63, 3.8) is 0 Å². The summed E-state index contributed by atoms with van der Waals surface area (Å²) in [6.45, 7) is 1.76. The SMILES string of the molecule is CC[C@]1(O)c2ccnc(F)c2CC1O. The van der Waals surface area contributed by atoms with Gasteiger partial charge < -0.3 is 10.2 Å². The number of rotatable bonds is 1. The van der Waals surface area contributed by atoms with E-state index in [0.717, 1.165) is 0 Å². The van der Waals surface area contributed by atoms with Crippen LogP contribution in [-0.4, -0.2) is 21.3 Å². The molecule has 3 nitrogen and oxygen atoms in total. The molecule has 1 heterocycles. The Bertz CT molecular complexity index is 369. The van der Waals surface area contributed by atoms with Crippen molar-refractivity contribution in [3.05, 3.63) is 29.3 Å². The minimum absolute atomic E-state index is 0.138. The highest BCUT2D eigenvalue weighted by molar-refractivity contribution is 5.37. The van der Waals surface area contributed by atoms with Crippen molar-refractivity contribution in [2.75, 3.05) is 0 Å². The Hall–Kier alpha value is -1.00. The first-order valence-corrected chi connectivity index (χ1v) is 4.64. The molecule has 0 fully saturated rings. The van der Waals surface area contributed by atoms with Crippen LogP contribution < -0.4 is 0 Å². The summed E-state index contributed by atoms with van der Waals surface area (Å²) in [6, 6.07) is 1.57. The maximum Gasteiger partial charge on any atom is 0.216 e. The highest BCUT2D eigenvalue weighted by Crippen LogP contribution is 2.39. The Kier molecular flexibility index (Phi) is 2.05. The molecule has 0 saturated heterocycles. The average molecular weight is 197 g/mol. The van der Waals surface area contributed by atoms with Crippen LogP contribution in [0, 0.1) is 5.95 Å². The van der Waals surface area contributed by atoms with E-state index in [-0.39, 0.29) is 6.42 Å². The average Bonchev–Trinajstić information content (AvgIpc) is 2.43. The Morgan fingerprint density at radius 1 is 1.71 bits per heavy atom. The van der Waals surface area contributed by atoms with Gasteiger partial charge in [0.25, 0.3) is 0 Å². The van der Waals surface area contributed by atoms with E-state index in [4.69, 9.17) is 0 Å². The lowest BCUT2D eigenvalue weighted by Gasteiger charge is -2.25. The zero-order chi connectivity index (χ0) is 10.3. The predicted molar refractivity (Wildman–Crippen MR) is 48.1 cm³/mol. The van der Waals surface area contributed by atoms with Gasteiger partial charge in [-0.25, -0.2) is 4.98 Å². The largest absolute Gasteiger partial charge is 0.389 e. The third-order valence-corrected chi connectivity index (χ3v) is 2.96. The Morgan fingerprint density at radius 2 is 2.43 bits per heavy atom. The summed E-state index contributed by atoms with van der Waals surface area (Å²) in [5.74, 6) is -0.592. The van der Waals surface area contributed by atoms with Crippen LogP contribution in [0.3, 0.4) is 0 Å². The molecule has 0 amide bonds. The number of aromatic nitrogens is 1. The maximum atomic E-state index is 13.2. The van der Waals surface area contributed by atoms with Crippen LogP contribution >= 0.6 is 0 Å². The predicted octanol–water partition coefficient (Wildman–Crippen LogP) is 0.735. The van der Waals surface area contributed by atoms with E-state index in [9.17, 15) is 14.6 Å². The topological polar surface area (TPSA) is 53.4 Å². The van der Waals surface area contributed by atoms with Gasteiger partial charge in [0.05, 0.1) is 6.10 Å². The summed E-state index contributed by atoms with van der Waals surface area (Å²) in [5, 5.41) is 19.8. The molecule has 76 valence electrons. The number of fused-ring (bicyclic) bond motifs is 1. The summed E-state index contributed by atoms with van der Waals surface area (Å²) < 4.78 is 13.2. The first kappa shape index (κ1) is 9.55. The van der Waals surface area contributed by atoms with Gasteiger partial charge in [-0.3, -0.25) is 0 Å². The van der Waals surface area contributed by atoms with Crippen molar-refractivity contribution in [1.82, 2.24) is 4.98 Å². The van der Waals surface area contributed by atoms with Crippen molar-refractivity contribution in [1.29, 1.82) is 0 Å². The van der Waals surface area contributed by atoms with Crippen molar-refractivity contribution >= 4 is 0 Å². The third-order valence-electron chi connectivity index (χ3n) is 2.96. The number of hydrogen-bond donors (Lipinski definition) is 2. The van der Waals surface area contributed by atoms with E-state index in [1.54, 1.807) is 13.0 Å². The minimum atomic E-state index is -1.31. The van der Waals surface area contributed by atoms with Crippen molar-refractivity contribution in [2.24, 2.45) is 0 Å². The third kappa shape index (κ3) is 1.07. The highest BCUT2D eigenvalue weighted by atomic mass is 19.1. The van der Waals surface area contributed by atoms with Crippen LogP contribution in [0.15, 0.2) is 12.3 Å². The molecule has 0 radical (unpaired) electrons. The Balaban J connectivity index is 2.58. The molecule has 1 aliphatic carbocycles. The lowest BCUT2D eigenvalue weighted by Crippen LogP contribution is -2.34. The fraction of sp³-hybridized carbons (Fsp3) is 0.500. The molecule has 2 rings (SSSR count). The molecule has 14 heavy (non-hydrogen) atoms. The number of halogens is 1. The molecule has 2 N–H and O–H groups in total. The van der Waals surface area contributed by atoms with Crippen LogP contribution in [0.25, 0.3) is 0 Å². The molecule has 1 aromatic rings. The summed E-state index contributed by atoms with van der Waals surface area (Å²) in [6.07, 6.45) is 0.887. The van der Waals surface area contributed by atoms with Crippen LogP contribution in [-0.2, 0) is 12.0 Å². The Labute approximate surface area is 81.2 Å². The molecule has 0 aromatic carbocycles. The zero-order valence-electron chi connectivity index (χ0n) is 7.87. The quantitative estimate of drug-likeness (QED) is 0.653. The molecular weight excluding hydrogens is 185 g/mol. The first-order valence-electron chi connectivity index (χ1n) is 4.64. The van der Waals surface area contributed by atoms with Crippen molar-refractivity contribution < 1.29 is 14.6 Å². The molecule has 2 atom stereocenters. The second kappa shape index (κ2) is 3.00. The smallest absolute Gasteiger partial charge is 0.216 e. The molecule has 0 aliphatic heterocycles. The van der Waals surface area contributed by atoms with Gasteiger partial charge in [-0.15, -0.1) is 0 Å². The van der Waals surface area contributed by atoms with Gasteiger partial charge in [-0.05, 0) is 18.1 Å². The van der Waals surface area contributed by atoms with E-state index >= 15 is 0 Å². The fourth-order valence-electron chi connectivity index (χ4n) is 2.03. The van der Waals surface area contributed by atoms with Crippen molar-refractivity contribution in [2.45, 2.75) is 31.5 Å². The molecule has 0 saturated carbocycles. The number of pyridine rings is 1. The van der Waals surface area contributed by atoms with Gasteiger partial charge in [0.15, 0.2) is 0 Å². The summed E-state index contributed by atoms with van der Waals surface area (Å²) >= 11 is 0. The van der Waals surface area contributed by atoms with Gasteiger partial charge in [-0.1, -0.05) is 6.92 Å². The molecule has 1 unspecified atom stereocenters. The normalized spacial score (nSPS) is 30.4. The van der Waals surface area contributed by atoms with Gasteiger partial charge >= 0.3 is 0 Å². The van der Waals surface area contributed by atoms with Crippen LogP contribution in [0.1, 0.15) is 24.5 Å². The van der Waals surface area contributed by atoms with E-state index in [1.807, 2.05) is 0 Å². The molecular formula is C10H12FNO2. The zero-order valence-corrected chi connectivity index (χ0v) is 7.87. The molecule has 1 aromatic heterocycles. The van der Waals surface area contributed by atoms with Crippen LogP contribution in [0.5, 0.6) is 0 Å².